The molecule has 2 aromatic rings. The Labute approximate surface area is 135 Å². The summed E-state index contributed by atoms with van der Waals surface area (Å²) in [6.07, 6.45) is 2.24. The topological polar surface area (TPSA) is 9.23 Å². The molecule has 0 bridgehead atoms. The van der Waals surface area contributed by atoms with Gasteiger partial charge in [0.15, 0.2) is 0 Å². The highest BCUT2D eigenvalue weighted by Gasteiger charge is 2.18. The van der Waals surface area contributed by atoms with Gasteiger partial charge in [0, 0.05) is 0 Å². The minimum absolute atomic E-state index is 0.241. The summed E-state index contributed by atoms with van der Waals surface area (Å²) in [6, 6.07) is 11.1. The molecule has 1 aliphatic rings. The molecular weight excluding hydrogens is 324 g/mol. The van der Waals surface area contributed by atoms with Gasteiger partial charge in [-0.1, -0.05) is 45.8 Å². The first-order valence-corrected chi connectivity index (χ1v) is 8.45. The van der Waals surface area contributed by atoms with Crippen LogP contribution in [-0.2, 0) is 6.42 Å². The van der Waals surface area contributed by atoms with E-state index in [0.29, 0.717) is 0 Å². The summed E-state index contributed by atoms with van der Waals surface area (Å²) >= 11 is 3.91. The zero-order chi connectivity index (χ0) is 15.0. The van der Waals surface area contributed by atoms with E-state index in [9.17, 15) is 0 Å². The molecule has 0 saturated heterocycles. The third-order valence-electron chi connectivity index (χ3n) is 4.22. The van der Waals surface area contributed by atoms with E-state index in [-0.39, 0.29) is 4.83 Å². The quantitative estimate of drug-likeness (QED) is 0.660. The molecule has 21 heavy (non-hydrogen) atoms. The summed E-state index contributed by atoms with van der Waals surface area (Å²) in [4.78, 5) is 0.241. The molecule has 1 nitrogen and oxygen atoms in total. The molecule has 0 N–H and O–H groups in total. The standard InChI is InChI=1S/C19H21BrO/c1-12-9-13(2)18(14(3)10-12)19(20)16-6-7-17-15(11-16)5-4-8-21-17/h6-7,9-11,19H,4-5,8H2,1-3H3. The summed E-state index contributed by atoms with van der Waals surface area (Å²) < 4.78 is 5.71. The van der Waals surface area contributed by atoms with Gasteiger partial charge in [0.1, 0.15) is 5.75 Å². The highest BCUT2D eigenvalue weighted by atomic mass is 79.9. The van der Waals surface area contributed by atoms with Crippen LogP contribution in [0.5, 0.6) is 5.75 Å². The number of benzene rings is 2. The van der Waals surface area contributed by atoms with Crippen molar-refractivity contribution in [3.05, 3.63) is 63.7 Å². The molecule has 0 radical (unpaired) electrons. The van der Waals surface area contributed by atoms with Crippen LogP contribution in [-0.4, -0.2) is 6.61 Å². The van der Waals surface area contributed by atoms with Gasteiger partial charge in [-0.2, -0.15) is 0 Å². The Kier molecular flexibility index (Phi) is 4.08. The number of rotatable bonds is 2. The second-order valence-corrected chi connectivity index (χ2v) is 6.91. The highest BCUT2D eigenvalue weighted by molar-refractivity contribution is 9.09. The number of ether oxygens (including phenoxy) is 1. The first-order chi connectivity index (χ1) is 10.1. The van der Waals surface area contributed by atoms with Crippen molar-refractivity contribution in [1.82, 2.24) is 0 Å². The molecule has 2 aromatic carbocycles. The van der Waals surface area contributed by atoms with Crippen LogP contribution in [0.4, 0.5) is 0 Å². The third-order valence-corrected chi connectivity index (χ3v) is 5.20. The monoisotopic (exact) mass is 344 g/mol. The van der Waals surface area contributed by atoms with Crippen molar-refractivity contribution >= 4 is 15.9 Å². The van der Waals surface area contributed by atoms with Gasteiger partial charge in [-0.3, -0.25) is 0 Å². The molecule has 110 valence electrons. The van der Waals surface area contributed by atoms with E-state index in [2.05, 4.69) is 67.0 Å². The van der Waals surface area contributed by atoms with Crippen molar-refractivity contribution in [2.75, 3.05) is 6.61 Å². The molecule has 0 aromatic heterocycles. The number of aryl methyl sites for hydroxylation is 4. The van der Waals surface area contributed by atoms with Gasteiger partial charge in [-0.25, -0.2) is 0 Å². The zero-order valence-corrected chi connectivity index (χ0v) is 14.5. The van der Waals surface area contributed by atoms with Gasteiger partial charge in [-0.05, 0) is 67.5 Å². The molecule has 1 unspecified atom stereocenters. The fourth-order valence-electron chi connectivity index (χ4n) is 3.30. The highest BCUT2D eigenvalue weighted by Crippen LogP contribution is 2.38. The predicted molar refractivity (Wildman–Crippen MR) is 91.7 cm³/mol. The smallest absolute Gasteiger partial charge is 0.122 e. The second kappa shape index (κ2) is 5.84. The number of hydrogen-bond acceptors (Lipinski definition) is 1. The van der Waals surface area contributed by atoms with E-state index in [1.54, 1.807) is 0 Å². The molecule has 0 amide bonds. The zero-order valence-electron chi connectivity index (χ0n) is 12.9. The molecule has 2 heteroatoms. The van der Waals surface area contributed by atoms with E-state index in [4.69, 9.17) is 4.74 Å². The lowest BCUT2D eigenvalue weighted by Gasteiger charge is -2.21. The van der Waals surface area contributed by atoms with Crippen LogP contribution in [0.2, 0.25) is 0 Å². The lowest BCUT2D eigenvalue weighted by Crippen LogP contribution is -2.09. The first-order valence-electron chi connectivity index (χ1n) is 7.53. The Hall–Kier alpha value is -1.28. The molecule has 0 fully saturated rings. The summed E-state index contributed by atoms with van der Waals surface area (Å²) in [5, 5.41) is 0. The van der Waals surface area contributed by atoms with Crippen molar-refractivity contribution in [3.63, 3.8) is 0 Å². The second-order valence-electron chi connectivity index (χ2n) is 5.99. The molecular formula is C19H21BrO. The number of hydrogen-bond donors (Lipinski definition) is 0. The Balaban J connectivity index is 2.01. The predicted octanol–water partition coefficient (Wildman–Crippen LogP) is 5.42. The van der Waals surface area contributed by atoms with E-state index < -0.39 is 0 Å². The third kappa shape index (κ3) is 2.87. The minimum atomic E-state index is 0.241. The molecule has 0 aliphatic carbocycles. The van der Waals surface area contributed by atoms with E-state index in [0.717, 1.165) is 25.2 Å². The maximum atomic E-state index is 5.71. The maximum absolute atomic E-state index is 5.71. The lowest BCUT2D eigenvalue weighted by molar-refractivity contribution is 0.288. The van der Waals surface area contributed by atoms with E-state index >= 15 is 0 Å². The van der Waals surface area contributed by atoms with Crippen LogP contribution in [0.15, 0.2) is 30.3 Å². The van der Waals surface area contributed by atoms with Crippen molar-refractivity contribution in [3.8, 4) is 5.75 Å². The Morgan fingerprint density at radius 3 is 2.48 bits per heavy atom. The van der Waals surface area contributed by atoms with Crippen molar-refractivity contribution in [2.45, 2.75) is 38.4 Å². The van der Waals surface area contributed by atoms with E-state index in [1.165, 1.54) is 33.4 Å². The summed E-state index contributed by atoms with van der Waals surface area (Å²) in [5.74, 6) is 1.06. The van der Waals surface area contributed by atoms with Crippen molar-refractivity contribution in [2.24, 2.45) is 0 Å². The average molecular weight is 345 g/mol. The minimum Gasteiger partial charge on any atom is -0.493 e. The molecule has 0 spiro atoms. The van der Waals surface area contributed by atoms with Crippen molar-refractivity contribution < 1.29 is 4.74 Å². The Morgan fingerprint density at radius 2 is 1.76 bits per heavy atom. The van der Waals surface area contributed by atoms with Gasteiger partial charge in [0.25, 0.3) is 0 Å². The van der Waals surface area contributed by atoms with Crippen LogP contribution >= 0.6 is 15.9 Å². The van der Waals surface area contributed by atoms with Crippen LogP contribution < -0.4 is 4.74 Å². The van der Waals surface area contributed by atoms with Crippen LogP contribution in [0.3, 0.4) is 0 Å². The van der Waals surface area contributed by atoms with Crippen LogP contribution in [0, 0.1) is 20.8 Å². The average Bonchev–Trinajstić information content (AvgIpc) is 2.45. The lowest BCUT2D eigenvalue weighted by atomic mass is 9.92. The number of alkyl halides is 1. The number of halogens is 1. The Morgan fingerprint density at radius 1 is 1.05 bits per heavy atom. The molecule has 1 atom stereocenters. The fraction of sp³-hybridized carbons (Fsp3) is 0.368. The van der Waals surface area contributed by atoms with Gasteiger partial charge in [0.05, 0.1) is 11.4 Å². The van der Waals surface area contributed by atoms with E-state index in [1.807, 2.05) is 0 Å². The number of fused-ring (bicyclic) bond motifs is 1. The summed E-state index contributed by atoms with van der Waals surface area (Å²) in [7, 11) is 0. The van der Waals surface area contributed by atoms with Crippen LogP contribution in [0.25, 0.3) is 0 Å². The van der Waals surface area contributed by atoms with Gasteiger partial charge < -0.3 is 4.74 Å². The molecule has 1 heterocycles. The van der Waals surface area contributed by atoms with Gasteiger partial charge in [0.2, 0.25) is 0 Å². The van der Waals surface area contributed by atoms with Crippen LogP contribution in [0.1, 0.15) is 44.6 Å². The van der Waals surface area contributed by atoms with Gasteiger partial charge in [-0.15, -0.1) is 0 Å². The SMILES string of the molecule is Cc1cc(C)c(C(Br)c2ccc3c(c2)CCCO3)c(C)c1. The molecule has 1 aliphatic heterocycles. The molecule has 3 rings (SSSR count). The van der Waals surface area contributed by atoms with Crippen molar-refractivity contribution in [1.29, 1.82) is 0 Å². The summed E-state index contributed by atoms with van der Waals surface area (Å²) in [6.45, 7) is 7.40. The first kappa shape index (κ1) is 14.6. The van der Waals surface area contributed by atoms with Gasteiger partial charge >= 0.3 is 0 Å². The Bertz CT molecular complexity index is 652. The normalized spacial score (nSPS) is 15.2. The largest absolute Gasteiger partial charge is 0.493 e. The molecule has 0 saturated carbocycles. The summed E-state index contributed by atoms with van der Waals surface area (Å²) in [5.41, 5.74) is 8.07. The maximum Gasteiger partial charge on any atom is 0.122 e. The fourth-order valence-corrected chi connectivity index (χ4v) is 4.30.